The van der Waals surface area contributed by atoms with Crippen LogP contribution in [0.1, 0.15) is 35.0 Å². The van der Waals surface area contributed by atoms with Gasteiger partial charge in [-0.15, -0.1) is 0 Å². The van der Waals surface area contributed by atoms with Crippen LogP contribution in [-0.4, -0.2) is 23.6 Å². The Morgan fingerprint density at radius 3 is 2.68 bits per heavy atom. The number of nitrogens with zero attached hydrogens (tertiary/aromatic N) is 2. The SMILES string of the molecule is CN=S1NC(C(C)CCc2ccccc2)C=Cc2c1cn(C)c2C(=O)Nc1ccc(F)c(F)c1. The number of benzene rings is 2. The van der Waals surface area contributed by atoms with Crippen molar-refractivity contribution in [3.8, 4) is 0 Å². The molecule has 3 atom stereocenters. The molecule has 2 heterocycles. The molecule has 1 aliphatic heterocycles. The number of rotatable bonds is 6. The zero-order valence-corrected chi connectivity index (χ0v) is 20.2. The Labute approximate surface area is 201 Å². The van der Waals surface area contributed by atoms with Crippen LogP contribution in [0.5, 0.6) is 0 Å². The topological polar surface area (TPSA) is 58.4 Å². The van der Waals surface area contributed by atoms with E-state index < -0.39 is 28.4 Å². The first-order valence-corrected chi connectivity index (χ1v) is 12.3. The predicted molar refractivity (Wildman–Crippen MR) is 134 cm³/mol. The molecule has 34 heavy (non-hydrogen) atoms. The third kappa shape index (κ3) is 5.18. The summed E-state index contributed by atoms with van der Waals surface area (Å²) in [6.45, 7) is 2.22. The number of carbonyl (C=O) groups excluding carboxylic acids is 1. The van der Waals surface area contributed by atoms with E-state index in [1.807, 2.05) is 18.3 Å². The van der Waals surface area contributed by atoms with E-state index in [9.17, 15) is 13.6 Å². The van der Waals surface area contributed by atoms with E-state index in [0.717, 1.165) is 35.4 Å². The molecule has 1 aromatic heterocycles. The highest BCUT2D eigenvalue weighted by Gasteiger charge is 2.26. The maximum absolute atomic E-state index is 13.6. The van der Waals surface area contributed by atoms with Gasteiger partial charge in [-0.2, -0.15) is 0 Å². The standard InChI is InChI=1S/C26H28F2N4OS/c1-17(9-10-18-7-5-4-6-8-18)23-14-12-20-24(34(29-2)31-23)16-32(3)25(20)26(33)30-19-11-13-21(27)22(28)15-19/h4-8,11-17,23H,9-10H2,1-3H3,(H,29,31)(H,30,33). The van der Waals surface area contributed by atoms with Gasteiger partial charge in [0.25, 0.3) is 5.91 Å². The van der Waals surface area contributed by atoms with Crippen molar-refractivity contribution in [2.75, 3.05) is 12.4 Å². The number of amides is 1. The first kappa shape index (κ1) is 24.0. The van der Waals surface area contributed by atoms with E-state index in [1.165, 1.54) is 11.6 Å². The number of nitrogens with one attached hydrogen (secondary N) is 2. The summed E-state index contributed by atoms with van der Waals surface area (Å²) >= 11 is 0. The fourth-order valence-electron chi connectivity index (χ4n) is 4.09. The highest BCUT2D eigenvalue weighted by molar-refractivity contribution is 7.85. The third-order valence-electron chi connectivity index (χ3n) is 6.03. The van der Waals surface area contributed by atoms with Gasteiger partial charge in [0.1, 0.15) is 5.69 Å². The molecule has 0 spiro atoms. The minimum atomic E-state index is -1.01. The number of hydrogen-bond acceptors (Lipinski definition) is 2. The average molecular weight is 483 g/mol. The molecule has 0 saturated heterocycles. The molecule has 2 aromatic carbocycles. The smallest absolute Gasteiger partial charge is 0.272 e. The van der Waals surface area contributed by atoms with E-state index in [1.54, 1.807) is 18.7 Å². The van der Waals surface area contributed by atoms with E-state index in [4.69, 9.17) is 0 Å². The quantitative estimate of drug-likeness (QED) is 0.486. The average Bonchev–Trinajstić information content (AvgIpc) is 3.05. The normalized spacial score (nSPS) is 18.4. The molecule has 1 aliphatic rings. The van der Waals surface area contributed by atoms with Crippen molar-refractivity contribution >= 4 is 28.5 Å². The van der Waals surface area contributed by atoms with E-state index >= 15 is 0 Å². The second-order valence-electron chi connectivity index (χ2n) is 8.42. The van der Waals surface area contributed by atoms with Crippen molar-refractivity contribution in [3.05, 3.63) is 89.3 Å². The van der Waals surface area contributed by atoms with Gasteiger partial charge in [0.15, 0.2) is 11.6 Å². The Hall–Kier alpha value is -3.10. The second-order valence-corrected chi connectivity index (χ2v) is 10.0. The molecule has 0 saturated carbocycles. The Balaban J connectivity index is 1.57. The Morgan fingerprint density at radius 2 is 1.97 bits per heavy atom. The number of carbonyl (C=O) groups is 1. The van der Waals surface area contributed by atoms with Gasteiger partial charge in [-0.1, -0.05) is 49.4 Å². The number of anilines is 1. The van der Waals surface area contributed by atoms with Crippen molar-refractivity contribution in [1.29, 1.82) is 0 Å². The van der Waals surface area contributed by atoms with Gasteiger partial charge >= 0.3 is 0 Å². The van der Waals surface area contributed by atoms with Crippen LogP contribution in [0.25, 0.3) is 6.08 Å². The molecule has 2 N–H and O–H groups in total. The number of halogens is 2. The number of aryl methyl sites for hydroxylation is 2. The van der Waals surface area contributed by atoms with Gasteiger partial charge in [0.2, 0.25) is 0 Å². The van der Waals surface area contributed by atoms with Gasteiger partial charge in [0, 0.05) is 54.5 Å². The molecule has 3 unspecified atom stereocenters. The van der Waals surface area contributed by atoms with Gasteiger partial charge in [0.05, 0.1) is 4.90 Å². The summed E-state index contributed by atoms with van der Waals surface area (Å²) in [5.74, 6) is -2.01. The first-order chi connectivity index (χ1) is 16.4. The monoisotopic (exact) mass is 482 g/mol. The second kappa shape index (κ2) is 10.4. The van der Waals surface area contributed by atoms with E-state index in [-0.39, 0.29) is 11.7 Å². The maximum atomic E-state index is 13.6. The van der Waals surface area contributed by atoms with Crippen LogP contribution in [0.15, 0.2) is 70.1 Å². The number of fused-ring (bicyclic) bond motifs is 1. The van der Waals surface area contributed by atoms with Crippen LogP contribution in [-0.2, 0) is 24.3 Å². The molecule has 4 rings (SSSR count). The summed E-state index contributed by atoms with van der Waals surface area (Å²) < 4.78 is 36.8. The predicted octanol–water partition coefficient (Wildman–Crippen LogP) is 5.52. The van der Waals surface area contributed by atoms with Crippen molar-refractivity contribution < 1.29 is 13.6 Å². The summed E-state index contributed by atoms with van der Waals surface area (Å²) in [5, 5.41) is 2.68. The van der Waals surface area contributed by atoms with Gasteiger partial charge in [-0.3, -0.25) is 4.79 Å². The fourth-order valence-corrected chi connectivity index (χ4v) is 5.71. The van der Waals surface area contributed by atoms with Crippen molar-refractivity contribution in [3.63, 3.8) is 0 Å². The highest BCUT2D eigenvalue weighted by Crippen LogP contribution is 2.28. The molecule has 3 aromatic rings. The summed E-state index contributed by atoms with van der Waals surface area (Å²) in [6.07, 6.45) is 7.97. The fraction of sp³-hybridized carbons (Fsp3) is 0.269. The van der Waals surface area contributed by atoms with Gasteiger partial charge in [-0.25, -0.2) is 17.9 Å². The lowest BCUT2D eigenvalue weighted by Crippen LogP contribution is -2.34. The summed E-state index contributed by atoms with van der Waals surface area (Å²) in [7, 11) is 2.96. The van der Waals surface area contributed by atoms with Gasteiger partial charge in [-0.05, 0) is 36.5 Å². The molecule has 178 valence electrons. The third-order valence-corrected chi connectivity index (χ3v) is 7.63. The molecule has 0 aliphatic carbocycles. The van der Waals surface area contributed by atoms with E-state index in [0.29, 0.717) is 11.6 Å². The van der Waals surface area contributed by atoms with Crippen LogP contribution < -0.4 is 10.0 Å². The summed E-state index contributed by atoms with van der Waals surface area (Å²) in [4.78, 5) is 14.0. The molecule has 0 bridgehead atoms. The van der Waals surface area contributed by atoms with Crippen molar-refractivity contribution in [1.82, 2.24) is 9.29 Å². The molecule has 0 radical (unpaired) electrons. The Bertz CT molecular complexity index is 1250. The zero-order chi connectivity index (χ0) is 24.2. The number of hydrogen-bond donors (Lipinski definition) is 2. The van der Waals surface area contributed by atoms with Crippen molar-refractivity contribution in [2.24, 2.45) is 17.3 Å². The van der Waals surface area contributed by atoms with Gasteiger partial charge < -0.3 is 9.88 Å². The number of aromatic nitrogens is 1. The van der Waals surface area contributed by atoms with E-state index in [2.05, 4.69) is 51.7 Å². The lowest BCUT2D eigenvalue weighted by molar-refractivity contribution is 0.101. The maximum Gasteiger partial charge on any atom is 0.272 e. The largest absolute Gasteiger partial charge is 0.345 e. The van der Waals surface area contributed by atoms with Crippen LogP contribution in [0.3, 0.4) is 0 Å². The Kier molecular flexibility index (Phi) is 7.38. The van der Waals surface area contributed by atoms with Crippen LogP contribution in [0.4, 0.5) is 14.5 Å². The summed E-state index contributed by atoms with van der Waals surface area (Å²) in [6, 6.07) is 13.8. The lowest BCUT2D eigenvalue weighted by atomic mass is 9.94. The molecule has 5 nitrogen and oxygen atoms in total. The van der Waals surface area contributed by atoms with Crippen molar-refractivity contribution in [2.45, 2.75) is 30.7 Å². The summed E-state index contributed by atoms with van der Waals surface area (Å²) in [5.41, 5.74) is 2.73. The highest BCUT2D eigenvalue weighted by atomic mass is 32.2. The van der Waals surface area contributed by atoms with Crippen LogP contribution >= 0.6 is 0 Å². The zero-order valence-electron chi connectivity index (χ0n) is 19.4. The first-order valence-electron chi connectivity index (χ1n) is 11.2. The minimum absolute atomic E-state index is 0.0931. The molecule has 1 amide bonds. The molecule has 0 fully saturated rings. The van der Waals surface area contributed by atoms with Crippen LogP contribution in [0.2, 0.25) is 0 Å². The molecular formula is C26H28F2N4OS. The Morgan fingerprint density at radius 1 is 1.21 bits per heavy atom. The van der Waals surface area contributed by atoms with Crippen LogP contribution in [0, 0.1) is 17.6 Å². The molecule has 8 heteroatoms. The lowest BCUT2D eigenvalue weighted by Gasteiger charge is -2.22. The minimum Gasteiger partial charge on any atom is -0.345 e. The molecular weight excluding hydrogens is 454 g/mol.